The SMILES string of the molecule is Cc1ccc(CSCC2COC(CCc3ccc(F)cc3)(Cn3ccnc3)O2)c(C)c1. The quantitative estimate of drug-likeness (QED) is 0.451. The van der Waals surface area contributed by atoms with Crippen LogP contribution in [0.25, 0.3) is 0 Å². The Morgan fingerprint density at radius 3 is 2.77 bits per heavy atom. The minimum atomic E-state index is -0.694. The van der Waals surface area contributed by atoms with Crippen LogP contribution in [-0.2, 0) is 28.2 Å². The third-order valence-corrected chi connectivity index (χ3v) is 6.79. The smallest absolute Gasteiger partial charge is 0.187 e. The van der Waals surface area contributed by atoms with Crippen LogP contribution in [0.5, 0.6) is 0 Å². The number of aryl methyl sites for hydroxylation is 3. The highest BCUT2D eigenvalue weighted by Gasteiger charge is 2.41. The molecule has 0 saturated carbocycles. The lowest BCUT2D eigenvalue weighted by Crippen LogP contribution is -2.37. The van der Waals surface area contributed by atoms with Crippen LogP contribution in [0.4, 0.5) is 4.39 Å². The second-order valence-corrected chi connectivity index (χ2v) is 9.30. The van der Waals surface area contributed by atoms with Gasteiger partial charge in [-0.25, -0.2) is 9.37 Å². The molecule has 0 spiro atoms. The van der Waals surface area contributed by atoms with Crippen LogP contribution in [0.1, 0.15) is 28.7 Å². The average Bonchev–Trinajstić information content (AvgIpc) is 3.40. The molecule has 164 valence electrons. The maximum atomic E-state index is 13.2. The molecule has 1 fully saturated rings. The van der Waals surface area contributed by atoms with Crippen molar-refractivity contribution in [1.29, 1.82) is 0 Å². The fraction of sp³-hybridized carbons (Fsp3) is 0.400. The van der Waals surface area contributed by atoms with Gasteiger partial charge < -0.3 is 14.0 Å². The van der Waals surface area contributed by atoms with E-state index in [1.165, 1.54) is 28.8 Å². The molecule has 2 atom stereocenters. The van der Waals surface area contributed by atoms with Gasteiger partial charge >= 0.3 is 0 Å². The second-order valence-electron chi connectivity index (χ2n) is 8.27. The van der Waals surface area contributed by atoms with E-state index in [9.17, 15) is 4.39 Å². The lowest BCUT2D eigenvalue weighted by molar-refractivity contribution is -0.180. The lowest BCUT2D eigenvalue weighted by Gasteiger charge is -2.28. The molecule has 31 heavy (non-hydrogen) atoms. The number of halogens is 1. The summed E-state index contributed by atoms with van der Waals surface area (Å²) < 4.78 is 28.0. The molecule has 0 bridgehead atoms. The van der Waals surface area contributed by atoms with Gasteiger partial charge in [-0.2, -0.15) is 11.8 Å². The Morgan fingerprint density at radius 1 is 1.19 bits per heavy atom. The molecule has 1 aliphatic heterocycles. The van der Waals surface area contributed by atoms with Gasteiger partial charge in [-0.15, -0.1) is 0 Å². The first-order chi connectivity index (χ1) is 15.0. The predicted molar refractivity (Wildman–Crippen MR) is 123 cm³/mol. The molecular formula is C25H29FN2O2S. The topological polar surface area (TPSA) is 36.3 Å². The summed E-state index contributed by atoms with van der Waals surface area (Å²) >= 11 is 1.88. The molecule has 0 radical (unpaired) electrons. The molecule has 1 saturated heterocycles. The molecule has 1 aliphatic rings. The van der Waals surface area contributed by atoms with Gasteiger partial charge in [0.15, 0.2) is 5.79 Å². The maximum absolute atomic E-state index is 13.2. The maximum Gasteiger partial charge on any atom is 0.187 e. The van der Waals surface area contributed by atoms with Crippen molar-refractivity contribution in [3.05, 3.63) is 89.3 Å². The van der Waals surface area contributed by atoms with Crippen LogP contribution in [0.15, 0.2) is 61.2 Å². The Hall–Kier alpha value is -2.15. The summed E-state index contributed by atoms with van der Waals surface area (Å²) in [5.74, 6) is 0.942. The van der Waals surface area contributed by atoms with E-state index < -0.39 is 5.79 Å². The van der Waals surface area contributed by atoms with Crippen LogP contribution in [-0.4, -0.2) is 33.8 Å². The van der Waals surface area contributed by atoms with E-state index in [2.05, 4.69) is 37.0 Å². The molecule has 6 heteroatoms. The number of imidazole rings is 1. The Kier molecular flexibility index (Phi) is 7.10. The summed E-state index contributed by atoms with van der Waals surface area (Å²) in [6.45, 7) is 5.47. The van der Waals surface area contributed by atoms with Crippen LogP contribution in [0, 0.1) is 19.7 Å². The summed E-state index contributed by atoms with van der Waals surface area (Å²) in [6, 6.07) is 13.3. The highest BCUT2D eigenvalue weighted by Crippen LogP contribution is 2.32. The van der Waals surface area contributed by atoms with E-state index in [0.29, 0.717) is 19.6 Å². The highest BCUT2D eigenvalue weighted by molar-refractivity contribution is 7.98. The highest BCUT2D eigenvalue weighted by atomic mass is 32.2. The summed E-state index contributed by atoms with van der Waals surface area (Å²) in [5.41, 5.74) is 5.08. The van der Waals surface area contributed by atoms with Crippen molar-refractivity contribution in [3.8, 4) is 0 Å². The normalized spacial score (nSPS) is 20.9. The number of rotatable bonds is 9. The second kappa shape index (κ2) is 9.98. The largest absolute Gasteiger partial charge is 0.345 e. The molecule has 0 N–H and O–H groups in total. The van der Waals surface area contributed by atoms with E-state index in [1.54, 1.807) is 12.5 Å². The third-order valence-electron chi connectivity index (χ3n) is 5.66. The number of benzene rings is 2. The van der Waals surface area contributed by atoms with Crippen molar-refractivity contribution in [2.75, 3.05) is 12.4 Å². The van der Waals surface area contributed by atoms with Crippen molar-refractivity contribution in [2.24, 2.45) is 0 Å². The first-order valence-electron chi connectivity index (χ1n) is 10.7. The van der Waals surface area contributed by atoms with Crippen molar-refractivity contribution in [3.63, 3.8) is 0 Å². The Balaban J connectivity index is 1.36. The van der Waals surface area contributed by atoms with Crippen LogP contribution < -0.4 is 0 Å². The zero-order valence-electron chi connectivity index (χ0n) is 18.1. The monoisotopic (exact) mass is 440 g/mol. The molecular weight excluding hydrogens is 411 g/mol. The third kappa shape index (κ3) is 5.97. The molecule has 4 rings (SSSR count). The van der Waals surface area contributed by atoms with E-state index in [0.717, 1.165) is 23.5 Å². The number of thioether (sulfide) groups is 1. The first-order valence-corrected chi connectivity index (χ1v) is 11.8. The van der Waals surface area contributed by atoms with Crippen molar-refractivity contribution in [1.82, 2.24) is 9.55 Å². The molecule has 1 aromatic heterocycles. The molecule has 2 aromatic carbocycles. The van der Waals surface area contributed by atoms with Gasteiger partial charge in [0.1, 0.15) is 5.82 Å². The zero-order valence-corrected chi connectivity index (χ0v) is 18.9. The molecule has 0 amide bonds. The number of hydrogen-bond acceptors (Lipinski definition) is 4. The van der Waals surface area contributed by atoms with Crippen LogP contribution in [0.2, 0.25) is 0 Å². The van der Waals surface area contributed by atoms with Gasteiger partial charge in [0.05, 0.1) is 25.6 Å². The minimum Gasteiger partial charge on any atom is -0.345 e. The number of hydrogen-bond donors (Lipinski definition) is 0. The van der Waals surface area contributed by atoms with Gasteiger partial charge in [-0.1, -0.05) is 35.9 Å². The van der Waals surface area contributed by atoms with Gasteiger partial charge in [0, 0.05) is 30.3 Å². The van der Waals surface area contributed by atoms with Crippen LogP contribution >= 0.6 is 11.8 Å². The average molecular weight is 441 g/mol. The number of ether oxygens (including phenoxy) is 2. The Morgan fingerprint density at radius 2 is 2.03 bits per heavy atom. The van der Waals surface area contributed by atoms with Crippen molar-refractivity contribution in [2.45, 2.75) is 50.9 Å². The minimum absolute atomic E-state index is 0.0486. The van der Waals surface area contributed by atoms with Gasteiger partial charge in [0.2, 0.25) is 0 Å². The predicted octanol–water partition coefficient (Wildman–Crippen LogP) is 5.32. The first kappa shape index (κ1) is 22.1. The van der Waals surface area contributed by atoms with E-state index in [4.69, 9.17) is 9.47 Å². The van der Waals surface area contributed by atoms with Crippen LogP contribution in [0.3, 0.4) is 0 Å². The fourth-order valence-corrected chi connectivity index (χ4v) is 5.03. The molecule has 2 heterocycles. The summed E-state index contributed by atoms with van der Waals surface area (Å²) in [4.78, 5) is 4.15. The van der Waals surface area contributed by atoms with E-state index in [-0.39, 0.29) is 11.9 Å². The summed E-state index contributed by atoms with van der Waals surface area (Å²) in [5, 5.41) is 0. The summed E-state index contributed by atoms with van der Waals surface area (Å²) in [7, 11) is 0. The molecule has 0 aliphatic carbocycles. The van der Waals surface area contributed by atoms with Gasteiger partial charge in [0.25, 0.3) is 0 Å². The standard InChI is InChI=1S/C25H29FN2O2S/c1-19-3-6-22(20(2)13-19)15-31-16-24-14-29-25(30-24,17-28-12-11-27-18-28)10-9-21-4-7-23(26)8-5-21/h3-8,11-13,18,24H,9-10,14-17H2,1-2H3. The zero-order chi connectivity index (χ0) is 21.7. The molecule has 4 nitrogen and oxygen atoms in total. The van der Waals surface area contributed by atoms with E-state index >= 15 is 0 Å². The lowest BCUT2D eigenvalue weighted by atomic mass is 10.0. The number of nitrogens with zero attached hydrogens (tertiary/aromatic N) is 2. The fourth-order valence-electron chi connectivity index (χ4n) is 3.94. The summed E-state index contributed by atoms with van der Waals surface area (Å²) in [6.07, 6.45) is 6.99. The van der Waals surface area contributed by atoms with Gasteiger partial charge in [-0.05, 0) is 49.1 Å². The Labute approximate surface area is 187 Å². The molecule has 2 unspecified atom stereocenters. The van der Waals surface area contributed by atoms with E-state index in [1.807, 2.05) is 34.7 Å². The van der Waals surface area contributed by atoms with Crippen molar-refractivity contribution >= 4 is 11.8 Å². The Bertz CT molecular complexity index is 978. The molecule has 3 aromatic rings. The van der Waals surface area contributed by atoms with Crippen molar-refractivity contribution < 1.29 is 13.9 Å². The number of aromatic nitrogens is 2. The van der Waals surface area contributed by atoms with Gasteiger partial charge in [-0.3, -0.25) is 0 Å².